The first kappa shape index (κ1) is 18.6. The van der Waals surface area contributed by atoms with E-state index in [-0.39, 0.29) is 18.3 Å². The number of halogens is 3. The smallest absolute Gasteiger partial charge is 0.416 e. The molecule has 1 aromatic rings. The molecule has 0 saturated carbocycles. The molecule has 1 unspecified atom stereocenters. The molecule has 2 rings (SSSR count). The van der Waals surface area contributed by atoms with Crippen molar-refractivity contribution < 1.29 is 32.2 Å². The van der Waals surface area contributed by atoms with E-state index in [0.717, 1.165) is 25.0 Å². The van der Waals surface area contributed by atoms with Crippen LogP contribution in [0.4, 0.5) is 13.2 Å². The highest BCUT2D eigenvalue weighted by Crippen LogP contribution is 2.34. The highest BCUT2D eigenvalue weighted by atomic mass is 19.4. The van der Waals surface area contributed by atoms with Crippen LogP contribution in [0.1, 0.15) is 38.2 Å². The second-order valence-electron chi connectivity index (χ2n) is 5.75. The third-order valence-electron chi connectivity index (χ3n) is 3.75. The van der Waals surface area contributed by atoms with Crippen LogP contribution >= 0.6 is 0 Å². The summed E-state index contributed by atoms with van der Waals surface area (Å²) in [6.45, 7) is 2.90. The Bertz CT molecular complexity index is 553. The van der Waals surface area contributed by atoms with Gasteiger partial charge in [0.2, 0.25) is 0 Å². The summed E-state index contributed by atoms with van der Waals surface area (Å²) in [5.74, 6) is -0.212. The largest absolute Gasteiger partial charge is 0.494 e. The lowest BCUT2D eigenvalue weighted by atomic mass is 10.1. The minimum atomic E-state index is -4.40. The van der Waals surface area contributed by atoms with Crippen molar-refractivity contribution >= 4 is 5.97 Å². The van der Waals surface area contributed by atoms with Crippen molar-refractivity contribution in [2.24, 2.45) is 0 Å². The molecular weight excluding hydrogens is 325 g/mol. The lowest BCUT2D eigenvalue weighted by Crippen LogP contribution is -2.28. The quantitative estimate of drug-likeness (QED) is 0.386. The van der Waals surface area contributed by atoms with Gasteiger partial charge in [-0.25, -0.2) is 4.79 Å². The molecule has 0 aliphatic carbocycles. The van der Waals surface area contributed by atoms with Gasteiger partial charge in [-0.15, -0.1) is 0 Å². The van der Waals surface area contributed by atoms with Gasteiger partial charge < -0.3 is 14.2 Å². The van der Waals surface area contributed by atoms with Crippen molar-refractivity contribution in [2.75, 3.05) is 19.8 Å². The second-order valence-corrected chi connectivity index (χ2v) is 5.75. The number of ether oxygens (including phenoxy) is 3. The van der Waals surface area contributed by atoms with Gasteiger partial charge in [-0.1, -0.05) is 19.4 Å². The van der Waals surface area contributed by atoms with Crippen molar-refractivity contribution in [1.82, 2.24) is 0 Å². The first-order chi connectivity index (χ1) is 11.4. The number of unbranched alkanes of at least 4 members (excludes halogenated alkanes) is 1. The van der Waals surface area contributed by atoms with Crippen molar-refractivity contribution in [1.29, 1.82) is 0 Å². The average Bonchev–Trinajstić information content (AvgIpc) is 3.32. The normalized spacial score (nSPS) is 19.8. The van der Waals surface area contributed by atoms with Crippen LogP contribution in [0, 0.1) is 0 Å². The third-order valence-corrected chi connectivity index (χ3v) is 3.75. The van der Waals surface area contributed by atoms with E-state index in [9.17, 15) is 18.0 Å². The second kappa shape index (κ2) is 7.88. The summed E-state index contributed by atoms with van der Waals surface area (Å²) in [5, 5.41) is 0. The molecule has 0 radical (unpaired) electrons. The molecule has 1 aromatic carbocycles. The number of alkyl halides is 3. The van der Waals surface area contributed by atoms with E-state index in [1.165, 1.54) is 12.1 Å². The number of carbonyl (C=O) groups excluding carboxylic acids is 1. The topological polar surface area (TPSA) is 48.1 Å². The van der Waals surface area contributed by atoms with Gasteiger partial charge in [0.1, 0.15) is 5.75 Å². The fourth-order valence-corrected chi connectivity index (χ4v) is 2.20. The maximum atomic E-state index is 12.6. The molecule has 24 heavy (non-hydrogen) atoms. The van der Waals surface area contributed by atoms with Gasteiger partial charge in [0, 0.05) is 0 Å². The molecular formula is C17H21F3O4. The van der Waals surface area contributed by atoms with E-state index in [1.54, 1.807) is 0 Å². The molecule has 1 aliphatic heterocycles. The standard InChI is InChI=1S/C17H21F3O4/c1-2-3-9-23-15(21)16(12-24-16)8-5-10-22-14-7-4-6-13(11-14)17(18,19)20/h4,6-7,11H,2-3,5,8-10,12H2,1H3. The maximum absolute atomic E-state index is 12.6. The third kappa shape index (κ3) is 5.12. The number of rotatable bonds is 9. The van der Waals surface area contributed by atoms with Crippen LogP contribution in [0.25, 0.3) is 0 Å². The van der Waals surface area contributed by atoms with Gasteiger partial charge in [0.05, 0.1) is 25.4 Å². The molecule has 1 saturated heterocycles. The zero-order valence-electron chi connectivity index (χ0n) is 13.5. The average molecular weight is 346 g/mol. The molecule has 0 bridgehead atoms. The predicted molar refractivity (Wildman–Crippen MR) is 80.7 cm³/mol. The number of benzene rings is 1. The predicted octanol–water partition coefficient (Wildman–Crippen LogP) is 3.98. The Labute approximate surface area is 138 Å². The Balaban J connectivity index is 1.74. The summed E-state index contributed by atoms with van der Waals surface area (Å²) in [4.78, 5) is 11.9. The van der Waals surface area contributed by atoms with Crippen LogP contribution in [0.3, 0.4) is 0 Å². The SMILES string of the molecule is CCCCOC(=O)C1(CCCOc2cccc(C(F)(F)F)c2)CO1. The van der Waals surface area contributed by atoms with Crippen molar-refractivity contribution in [3.8, 4) is 5.75 Å². The van der Waals surface area contributed by atoms with Crippen LogP contribution in [-0.4, -0.2) is 31.4 Å². The lowest BCUT2D eigenvalue weighted by molar-refractivity contribution is -0.150. The van der Waals surface area contributed by atoms with E-state index >= 15 is 0 Å². The Kier molecular flexibility index (Phi) is 6.10. The number of carbonyl (C=O) groups is 1. The minimum absolute atomic E-state index is 0.154. The lowest BCUT2D eigenvalue weighted by Gasteiger charge is -2.13. The summed E-state index contributed by atoms with van der Waals surface area (Å²) in [6.07, 6.45) is -1.74. The minimum Gasteiger partial charge on any atom is -0.494 e. The number of epoxide rings is 1. The summed E-state index contributed by atoms with van der Waals surface area (Å²) < 4.78 is 53.6. The number of hydrogen-bond donors (Lipinski definition) is 0. The molecule has 1 atom stereocenters. The molecule has 0 N–H and O–H groups in total. The van der Waals surface area contributed by atoms with Gasteiger partial charge in [0.15, 0.2) is 5.60 Å². The molecule has 1 fully saturated rings. The Morgan fingerprint density at radius 2 is 2.04 bits per heavy atom. The highest BCUT2D eigenvalue weighted by molar-refractivity contribution is 5.82. The van der Waals surface area contributed by atoms with Crippen molar-refractivity contribution in [3.63, 3.8) is 0 Å². The highest BCUT2D eigenvalue weighted by Gasteiger charge is 2.53. The van der Waals surface area contributed by atoms with E-state index in [0.29, 0.717) is 26.1 Å². The summed E-state index contributed by atoms with van der Waals surface area (Å²) in [6, 6.07) is 4.72. The van der Waals surface area contributed by atoms with Crippen molar-refractivity contribution in [2.45, 2.75) is 44.4 Å². The summed E-state index contributed by atoms with van der Waals surface area (Å²) >= 11 is 0. The Morgan fingerprint density at radius 3 is 2.67 bits per heavy atom. The van der Waals surface area contributed by atoms with Crippen LogP contribution in [0.5, 0.6) is 5.75 Å². The zero-order valence-corrected chi connectivity index (χ0v) is 13.5. The molecule has 0 spiro atoms. The molecule has 7 heteroatoms. The van der Waals surface area contributed by atoms with Crippen LogP contribution in [0.2, 0.25) is 0 Å². The summed E-state index contributed by atoms with van der Waals surface area (Å²) in [5.41, 5.74) is -1.63. The van der Waals surface area contributed by atoms with E-state index in [2.05, 4.69) is 0 Å². The molecule has 0 aromatic heterocycles. The number of hydrogen-bond acceptors (Lipinski definition) is 4. The zero-order chi connectivity index (χ0) is 17.6. The van der Waals surface area contributed by atoms with E-state index in [4.69, 9.17) is 14.2 Å². The van der Waals surface area contributed by atoms with Gasteiger partial charge >= 0.3 is 12.1 Å². The first-order valence-electron chi connectivity index (χ1n) is 7.99. The van der Waals surface area contributed by atoms with Gasteiger partial charge in [0.25, 0.3) is 0 Å². The Morgan fingerprint density at radius 1 is 1.29 bits per heavy atom. The monoisotopic (exact) mass is 346 g/mol. The molecule has 0 amide bonds. The van der Waals surface area contributed by atoms with Crippen molar-refractivity contribution in [3.05, 3.63) is 29.8 Å². The van der Waals surface area contributed by atoms with Crippen LogP contribution in [-0.2, 0) is 20.4 Å². The van der Waals surface area contributed by atoms with E-state index in [1.807, 2.05) is 6.92 Å². The van der Waals surface area contributed by atoms with Gasteiger partial charge in [-0.3, -0.25) is 0 Å². The van der Waals surface area contributed by atoms with Gasteiger partial charge in [-0.2, -0.15) is 13.2 Å². The summed E-state index contributed by atoms with van der Waals surface area (Å²) in [7, 11) is 0. The van der Waals surface area contributed by atoms with Crippen LogP contribution < -0.4 is 4.74 Å². The molecule has 1 heterocycles. The fourth-order valence-electron chi connectivity index (χ4n) is 2.20. The molecule has 4 nitrogen and oxygen atoms in total. The fraction of sp³-hybridized carbons (Fsp3) is 0.588. The Hall–Kier alpha value is -1.76. The van der Waals surface area contributed by atoms with E-state index < -0.39 is 17.3 Å². The maximum Gasteiger partial charge on any atom is 0.416 e. The first-order valence-corrected chi connectivity index (χ1v) is 7.99. The van der Waals surface area contributed by atoms with Crippen LogP contribution in [0.15, 0.2) is 24.3 Å². The van der Waals surface area contributed by atoms with Gasteiger partial charge in [-0.05, 0) is 37.5 Å². The molecule has 1 aliphatic rings. The number of esters is 1. The molecule has 134 valence electrons.